The highest BCUT2D eigenvalue weighted by Gasteiger charge is 2.07. The second-order valence-corrected chi connectivity index (χ2v) is 3.93. The van der Waals surface area contributed by atoms with Crippen molar-refractivity contribution < 1.29 is 4.79 Å². The van der Waals surface area contributed by atoms with Gasteiger partial charge in [0.25, 0.3) is 5.91 Å². The number of hydrogen-bond donors (Lipinski definition) is 1. The Morgan fingerprint density at radius 1 is 1.47 bits per heavy atom. The number of halogens is 1. The number of aromatic nitrogens is 2. The lowest BCUT2D eigenvalue weighted by Crippen LogP contribution is -2.11. The zero-order valence-corrected chi connectivity index (χ0v) is 9.05. The molecule has 0 aliphatic carbocycles. The molecule has 4 nitrogen and oxygen atoms in total. The Hall–Kier alpha value is -1.46. The van der Waals surface area contributed by atoms with Gasteiger partial charge in [-0.2, -0.15) is 4.37 Å². The van der Waals surface area contributed by atoms with Gasteiger partial charge in [-0.1, -0.05) is 17.7 Å². The zero-order chi connectivity index (χ0) is 10.7. The zero-order valence-electron chi connectivity index (χ0n) is 7.48. The number of amides is 1. The summed E-state index contributed by atoms with van der Waals surface area (Å²) in [6, 6.07) is 6.71. The predicted octanol–water partition coefficient (Wildman–Crippen LogP) is 2.44. The molecule has 0 atom stereocenters. The van der Waals surface area contributed by atoms with E-state index in [0.717, 1.165) is 11.5 Å². The smallest absolute Gasteiger partial charge is 0.257 e. The summed E-state index contributed by atoms with van der Waals surface area (Å²) in [6.45, 7) is 0. The molecule has 2 aromatic rings. The van der Waals surface area contributed by atoms with Gasteiger partial charge >= 0.3 is 0 Å². The maximum absolute atomic E-state index is 11.6. The summed E-state index contributed by atoms with van der Waals surface area (Å²) in [5.41, 5.74) is 0.498. The lowest BCUT2D eigenvalue weighted by molar-refractivity contribution is 0.102. The molecule has 1 aromatic heterocycles. The second kappa shape index (κ2) is 4.37. The SMILES string of the molecule is O=C(Nc1ncns1)c1cccc(Cl)c1. The number of hydrogen-bond acceptors (Lipinski definition) is 4. The van der Waals surface area contributed by atoms with Crippen LogP contribution in [-0.4, -0.2) is 15.3 Å². The van der Waals surface area contributed by atoms with Crippen molar-refractivity contribution in [3.05, 3.63) is 41.2 Å². The summed E-state index contributed by atoms with van der Waals surface area (Å²) in [5.74, 6) is -0.241. The Morgan fingerprint density at radius 2 is 2.33 bits per heavy atom. The fourth-order valence-electron chi connectivity index (χ4n) is 1.03. The maximum Gasteiger partial charge on any atom is 0.257 e. The molecule has 0 spiro atoms. The average Bonchev–Trinajstić information content (AvgIpc) is 2.70. The average molecular weight is 240 g/mol. The summed E-state index contributed by atoms with van der Waals surface area (Å²) in [7, 11) is 0. The second-order valence-electron chi connectivity index (χ2n) is 2.71. The van der Waals surface area contributed by atoms with E-state index in [1.807, 2.05) is 0 Å². The molecule has 1 aromatic carbocycles. The van der Waals surface area contributed by atoms with Crippen molar-refractivity contribution in [1.29, 1.82) is 0 Å². The van der Waals surface area contributed by atoms with Crippen LogP contribution in [0.3, 0.4) is 0 Å². The molecule has 1 amide bonds. The van der Waals surface area contributed by atoms with Crippen LogP contribution in [0.4, 0.5) is 5.13 Å². The van der Waals surface area contributed by atoms with Gasteiger partial charge in [0, 0.05) is 22.1 Å². The van der Waals surface area contributed by atoms with Crippen LogP contribution in [0, 0.1) is 0 Å². The molecule has 0 unspecified atom stereocenters. The molecule has 0 saturated carbocycles. The van der Waals surface area contributed by atoms with Gasteiger partial charge in [-0.15, -0.1) is 0 Å². The van der Waals surface area contributed by atoms with E-state index in [-0.39, 0.29) is 5.91 Å². The van der Waals surface area contributed by atoms with Crippen molar-refractivity contribution in [2.45, 2.75) is 0 Å². The minimum Gasteiger partial charge on any atom is -0.297 e. The van der Waals surface area contributed by atoms with Gasteiger partial charge in [-0.05, 0) is 18.2 Å². The Kier molecular flexibility index (Phi) is 2.94. The van der Waals surface area contributed by atoms with Gasteiger partial charge in [0.1, 0.15) is 6.33 Å². The number of carbonyl (C=O) groups is 1. The minimum absolute atomic E-state index is 0.241. The molecule has 1 N–H and O–H groups in total. The van der Waals surface area contributed by atoms with Crippen LogP contribution < -0.4 is 5.32 Å². The highest BCUT2D eigenvalue weighted by molar-refractivity contribution is 7.09. The molecule has 0 aliphatic heterocycles. The Bertz CT molecular complexity index is 472. The van der Waals surface area contributed by atoms with E-state index in [0.29, 0.717) is 15.7 Å². The van der Waals surface area contributed by atoms with E-state index < -0.39 is 0 Å². The third-order valence-corrected chi connectivity index (χ3v) is 2.48. The Labute approximate surface area is 95.1 Å². The largest absolute Gasteiger partial charge is 0.297 e. The summed E-state index contributed by atoms with van der Waals surface area (Å²) in [5, 5.41) is 3.61. The monoisotopic (exact) mass is 239 g/mol. The first-order chi connectivity index (χ1) is 7.25. The van der Waals surface area contributed by atoms with E-state index in [4.69, 9.17) is 11.6 Å². The Balaban J connectivity index is 2.15. The molecule has 1 heterocycles. The van der Waals surface area contributed by atoms with Crippen molar-refractivity contribution in [2.24, 2.45) is 0 Å². The summed E-state index contributed by atoms with van der Waals surface area (Å²) < 4.78 is 3.78. The van der Waals surface area contributed by atoms with Gasteiger partial charge in [0.2, 0.25) is 5.13 Å². The highest BCUT2D eigenvalue weighted by atomic mass is 35.5. The van der Waals surface area contributed by atoms with Crippen LogP contribution in [0.2, 0.25) is 5.02 Å². The van der Waals surface area contributed by atoms with Crippen LogP contribution in [0.15, 0.2) is 30.6 Å². The van der Waals surface area contributed by atoms with Crippen molar-refractivity contribution in [3.8, 4) is 0 Å². The molecule has 2 rings (SSSR count). The van der Waals surface area contributed by atoms with E-state index in [1.54, 1.807) is 24.3 Å². The van der Waals surface area contributed by atoms with Gasteiger partial charge in [0.05, 0.1) is 0 Å². The molecule has 0 fully saturated rings. The first-order valence-electron chi connectivity index (χ1n) is 4.09. The lowest BCUT2D eigenvalue weighted by atomic mass is 10.2. The molecular formula is C9H6ClN3OS. The fourth-order valence-corrected chi connectivity index (χ4v) is 1.64. The molecule has 76 valence electrons. The minimum atomic E-state index is -0.241. The van der Waals surface area contributed by atoms with E-state index in [9.17, 15) is 4.79 Å². The number of nitrogens with zero attached hydrogens (tertiary/aromatic N) is 2. The Morgan fingerprint density at radius 3 is 3.00 bits per heavy atom. The molecule has 0 radical (unpaired) electrons. The molecule has 0 bridgehead atoms. The van der Waals surface area contributed by atoms with Crippen LogP contribution >= 0.6 is 23.1 Å². The van der Waals surface area contributed by atoms with Crippen LogP contribution in [0.25, 0.3) is 0 Å². The van der Waals surface area contributed by atoms with Gasteiger partial charge in [-0.3, -0.25) is 10.1 Å². The van der Waals surface area contributed by atoms with E-state index in [2.05, 4.69) is 14.7 Å². The number of carbonyl (C=O) groups excluding carboxylic acids is 1. The van der Waals surface area contributed by atoms with E-state index >= 15 is 0 Å². The molecule has 0 saturated heterocycles. The van der Waals surface area contributed by atoms with Gasteiger partial charge < -0.3 is 0 Å². The standard InChI is InChI=1S/C9H6ClN3OS/c10-7-3-1-2-6(4-7)8(14)13-9-11-5-12-15-9/h1-5H,(H,11,12,13,14). The number of rotatable bonds is 2. The van der Waals surface area contributed by atoms with E-state index in [1.165, 1.54) is 6.33 Å². The normalized spacial score (nSPS) is 9.93. The number of anilines is 1. The first kappa shape index (κ1) is 10.1. The van der Waals surface area contributed by atoms with Crippen LogP contribution in [0.1, 0.15) is 10.4 Å². The van der Waals surface area contributed by atoms with Crippen molar-refractivity contribution in [2.75, 3.05) is 5.32 Å². The maximum atomic E-state index is 11.6. The number of benzene rings is 1. The molecule has 15 heavy (non-hydrogen) atoms. The lowest BCUT2D eigenvalue weighted by Gasteiger charge is -2.00. The molecule has 6 heteroatoms. The van der Waals surface area contributed by atoms with Crippen molar-refractivity contribution in [3.63, 3.8) is 0 Å². The third kappa shape index (κ3) is 2.51. The summed E-state index contributed by atoms with van der Waals surface area (Å²) in [4.78, 5) is 15.5. The molecular weight excluding hydrogens is 234 g/mol. The van der Waals surface area contributed by atoms with Crippen LogP contribution in [0.5, 0.6) is 0 Å². The van der Waals surface area contributed by atoms with Gasteiger partial charge in [0.15, 0.2) is 0 Å². The highest BCUT2D eigenvalue weighted by Crippen LogP contribution is 2.13. The van der Waals surface area contributed by atoms with Crippen molar-refractivity contribution >= 4 is 34.2 Å². The fraction of sp³-hybridized carbons (Fsp3) is 0. The topological polar surface area (TPSA) is 54.9 Å². The predicted molar refractivity (Wildman–Crippen MR) is 59.3 cm³/mol. The van der Waals surface area contributed by atoms with Gasteiger partial charge in [-0.25, -0.2) is 4.98 Å². The molecule has 0 aliphatic rings. The quantitative estimate of drug-likeness (QED) is 0.876. The van der Waals surface area contributed by atoms with Crippen LogP contribution in [-0.2, 0) is 0 Å². The van der Waals surface area contributed by atoms with Crippen molar-refractivity contribution in [1.82, 2.24) is 9.36 Å². The first-order valence-corrected chi connectivity index (χ1v) is 5.24. The summed E-state index contributed by atoms with van der Waals surface area (Å²) in [6.07, 6.45) is 1.39. The third-order valence-electron chi connectivity index (χ3n) is 1.67. The number of nitrogens with one attached hydrogen (secondary N) is 1. The summed E-state index contributed by atoms with van der Waals surface area (Å²) >= 11 is 6.89.